The van der Waals surface area contributed by atoms with Gasteiger partial charge in [0.1, 0.15) is 24.9 Å². The summed E-state index contributed by atoms with van der Waals surface area (Å²) < 4.78 is 25.1. The SMILES string of the molecule is Cc1cn2c(nc1=O)OC[C@H]1O[C@@H]2[C@@H]2OC(C)(C)O[C@@H]21. The lowest BCUT2D eigenvalue weighted by Crippen LogP contribution is -2.35. The Hall–Kier alpha value is -1.44. The molecule has 0 radical (unpaired) electrons. The topological polar surface area (TPSA) is 71.8 Å². The first-order valence-electron chi connectivity index (χ1n) is 6.68. The fraction of sp³-hybridized carbons (Fsp3) is 0.692. The van der Waals surface area contributed by atoms with Crippen molar-refractivity contribution in [1.29, 1.82) is 0 Å². The van der Waals surface area contributed by atoms with Gasteiger partial charge in [0.25, 0.3) is 5.56 Å². The zero-order valence-corrected chi connectivity index (χ0v) is 11.5. The van der Waals surface area contributed by atoms with Crippen molar-refractivity contribution in [3.8, 4) is 6.01 Å². The van der Waals surface area contributed by atoms with E-state index in [1.165, 1.54) is 0 Å². The summed E-state index contributed by atoms with van der Waals surface area (Å²) in [7, 11) is 0. The minimum absolute atomic E-state index is 0.164. The zero-order chi connectivity index (χ0) is 14.1. The number of ether oxygens (including phenoxy) is 4. The van der Waals surface area contributed by atoms with Gasteiger partial charge in [-0.1, -0.05) is 0 Å². The van der Waals surface area contributed by atoms with E-state index in [0.29, 0.717) is 12.2 Å². The van der Waals surface area contributed by atoms with Crippen LogP contribution in [0.15, 0.2) is 11.0 Å². The Morgan fingerprint density at radius 1 is 1.35 bits per heavy atom. The van der Waals surface area contributed by atoms with Gasteiger partial charge in [-0.05, 0) is 20.8 Å². The standard InChI is InChI=1S/C13H16N2O5/c1-6-4-15-11-9-8(19-13(2,3)20-9)7(18-11)5-17-12(15)14-10(6)16/h4,7-9,11H,5H2,1-3H3/t7-,8-,9-,11-/m1/s1. The molecule has 1 aromatic rings. The maximum absolute atomic E-state index is 11.6. The van der Waals surface area contributed by atoms with E-state index < -0.39 is 5.79 Å². The minimum Gasteiger partial charge on any atom is -0.462 e. The van der Waals surface area contributed by atoms with Gasteiger partial charge >= 0.3 is 6.01 Å². The molecule has 2 saturated heterocycles. The molecular formula is C13H16N2O5. The fourth-order valence-corrected chi connectivity index (χ4v) is 3.01. The summed E-state index contributed by atoms with van der Waals surface area (Å²) >= 11 is 0. The van der Waals surface area contributed by atoms with Crippen LogP contribution in [0.4, 0.5) is 0 Å². The highest BCUT2D eigenvalue weighted by atomic mass is 16.8. The van der Waals surface area contributed by atoms with Crippen molar-refractivity contribution in [3.63, 3.8) is 0 Å². The molecule has 0 spiro atoms. The fourth-order valence-electron chi connectivity index (χ4n) is 3.01. The Kier molecular flexibility index (Phi) is 2.34. The number of nitrogens with zero attached hydrogens (tertiary/aromatic N) is 2. The molecule has 2 fully saturated rings. The summed E-state index contributed by atoms with van der Waals surface area (Å²) in [5.74, 6) is -0.637. The van der Waals surface area contributed by atoms with Crippen molar-refractivity contribution < 1.29 is 18.9 Å². The lowest BCUT2D eigenvalue weighted by atomic mass is 10.1. The Labute approximate surface area is 115 Å². The van der Waals surface area contributed by atoms with Crippen LogP contribution in [0.5, 0.6) is 6.01 Å². The van der Waals surface area contributed by atoms with E-state index in [0.717, 1.165) is 0 Å². The van der Waals surface area contributed by atoms with Gasteiger partial charge in [0.2, 0.25) is 0 Å². The molecule has 3 aliphatic heterocycles. The number of hydrogen-bond donors (Lipinski definition) is 0. The summed E-state index contributed by atoms with van der Waals surface area (Å²) in [6, 6.07) is 0.278. The maximum atomic E-state index is 11.6. The van der Waals surface area contributed by atoms with Crippen LogP contribution in [0.3, 0.4) is 0 Å². The Bertz CT molecular complexity index is 626. The second-order valence-corrected chi connectivity index (χ2v) is 5.86. The molecule has 4 rings (SSSR count). The van der Waals surface area contributed by atoms with Crippen LogP contribution in [-0.4, -0.2) is 40.3 Å². The van der Waals surface area contributed by atoms with E-state index in [9.17, 15) is 4.79 Å². The lowest BCUT2D eigenvalue weighted by Gasteiger charge is -2.23. The van der Waals surface area contributed by atoms with Gasteiger partial charge in [-0.25, -0.2) is 0 Å². The monoisotopic (exact) mass is 280 g/mol. The zero-order valence-electron chi connectivity index (χ0n) is 11.5. The van der Waals surface area contributed by atoms with Crippen LogP contribution >= 0.6 is 0 Å². The van der Waals surface area contributed by atoms with Crippen LogP contribution in [0.1, 0.15) is 25.6 Å². The smallest absolute Gasteiger partial charge is 0.302 e. The molecule has 0 amide bonds. The highest BCUT2D eigenvalue weighted by molar-refractivity contribution is 5.13. The third-order valence-electron chi connectivity index (χ3n) is 3.86. The van der Waals surface area contributed by atoms with Gasteiger partial charge in [0, 0.05) is 11.8 Å². The molecule has 4 atom stereocenters. The number of fused-ring (bicyclic) bond motifs is 7. The Balaban J connectivity index is 1.81. The molecule has 0 saturated carbocycles. The van der Waals surface area contributed by atoms with Gasteiger partial charge < -0.3 is 18.9 Å². The van der Waals surface area contributed by atoms with Crippen molar-refractivity contribution in [2.24, 2.45) is 0 Å². The number of aromatic nitrogens is 2. The summed E-state index contributed by atoms with van der Waals surface area (Å²) in [4.78, 5) is 15.6. The molecule has 1 aromatic heterocycles. The molecule has 0 aliphatic carbocycles. The average Bonchev–Trinajstić information content (AvgIpc) is 2.76. The molecule has 7 nitrogen and oxygen atoms in total. The van der Waals surface area contributed by atoms with Gasteiger partial charge in [0.05, 0.1) is 0 Å². The van der Waals surface area contributed by atoms with Crippen molar-refractivity contribution >= 4 is 0 Å². The quantitative estimate of drug-likeness (QED) is 0.683. The van der Waals surface area contributed by atoms with Crippen LogP contribution in [-0.2, 0) is 14.2 Å². The number of rotatable bonds is 0. The summed E-state index contributed by atoms with van der Waals surface area (Å²) in [6.45, 7) is 5.78. The Morgan fingerprint density at radius 3 is 2.90 bits per heavy atom. The predicted molar refractivity (Wildman–Crippen MR) is 66.5 cm³/mol. The third-order valence-corrected chi connectivity index (χ3v) is 3.86. The first-order chi connectivity index (χ1) is 9.44. The van der Waals surface area contributed by atoms with Gasteiger partial charge in [-0.2, -0.15) is 4.98 Å². The second kappa shape index (κ2) is 3.81. The van der Waals surface area contributed by atoms with Crippen LogP contribution < -0.4 is 10.3 Å². The van der Waals surface area contributed by atoms with E-state index >= 15 is 0 Å². The molecule has 0 N–H and O–H groups in total. The second-order valence-electron chi connectivity index (χ2n) is 5.86. The van der Waals surface area contributed by atoms with Crippen molar-refractivity contribution in [2.75, 3.05) is 6.61 Å². The highest BCUT2D eigenvalue weighted by Gasteiger charge is 2.57. The normalized spacial score (nSPS) is 37.0. The van der Waals surface area contributed by atoms with E-state index in [1.807, 2.05) is 13.8 Å². The number of hydrogen-bond acceptors (Lipinski definition) is 6. The summed E-state index contributed by atoms with van der Waals surface area (Å²) in [6.07, 6.45) is 0.721. The first-order valence-corrected chi connectivity index (χ1v) is 6.68. The van der Waals surface area contributed by atoms with E-state index in [2.05, 4.69) is 4.98 Å². The van der Waals surface area contributed by atoms with Crippen LogP contribution in [0.25, 0.3) is 0 Å². The van der Waals surface area contributed by atoms with Gasteiger partial charge in [-0.3, -0.25) is 9.36 Å². The van der Waals surface area contributed by atoms with Crippen molar-refractivity contribution in [2.45, 2.75) is 51.1 Å². The summed E-state index contributed by atoms with van der Waals surface area (Å²) in [5.41, 5.74) is 0.260. The van der Waals surface area contributed by atoms with Crippen LogP contribution in [0, 0.1) is 6.92 Å². The molecule has 7 heteroatoms. The van der Waals surface area contributed by atoms with E-state index in [1.54, 1.807) is 17.7 Å². The van der Waals surface area contributed by atoms with Crippen molar-refractivity contribution in [1.82, 2.24) is 9.55 Å². The first kappa shape index (κ1) is 12.3. The average molecular weight is 280 g/mol. The maximum Gasteiger partial charge on any atom is 0.302 e. The summed E-state index contributed by atoms with van der Waals surface area (Å²) in [5, 5.41) is 0. The molecule has 2 bridgehead atoms. The molecule has 0 unspecified atom stereocenters. The molecule has 20 heavy (non-hydrogen) atoms. The van der Waals surface area contributed by atoms with E-state index in [4.69, 9.17) is 18.9 Å². The molecule has 3 aliphatic rings. The van der Waals surface area contributed by atoms with Gasteiger partial charge in [0.15, 0.2) is 12.0 Å². The van der Waals surface area contributed by atoms with Crippen LogP contribution in [0.2, 0.25) is 0 Å². The predicted octanol–water partition coefficient (Wildman–Crippen LogP) is 0.362. The molecule has 4 heterocycles. The molecular weight excluding hydrogens is 264 g/mol. The van der Waals surface area contributed by atoms with Gasteiger partial charge in [-0.15, -0.1) is 0 Å². The van der Waals surface area contributed by atoms with E-state index in [-0.39, 0.29) is 36.1 Å². The largest absolute Gasteiger partial charge is 0.462 e. The number of aryl methyl sites for hydroxylation is 1. The Morgan fingerprint density at radius 2 is 2.10 bits per heavy atom. The van der Waals surface area contributed by atoms with Crippen molar-refractivity contribution in [3.05, 3.63) is 22.1 Å². The molecule has 0 aromatic carbocycles. The lowest BCUT2D eigenvalue weighted by molar-refractivity contribution is -0.195. The minimum atomic E-state index is -0.637. The third kappa shape index (κ3) is 1.63. The highest BCUT2D eigenvalue weighted by Crippen LogP contribution is 2.45. The molecule has 108 valence electrons.